The van der Waals surface area contributed by atoms with E-state index in [0.29, 0.717) is 0 Å². The second-order valence-corrected chi connectivity index (χ2v) is 6.59. The number of pyridine rings is 1. The number of hydrogen-bond donors (Lipinski definition) is 0. The fourth-order valence-electron chi connectivity index (χ4n) is 2.81. The van der Waals surface area contributed by atoms with Gasteiger partial charge < -0.3 is 4.90 Å². The van der Waals surface area contributed by atoms with E-state index in [1.165, 1.54) is 6.42 Å². The number of nitrogens with zero attached hydrogens (tertiary/aromatic N) is 5. The van der Waals surface area contributed by atoms with Gasteiger partial charge in [-0.15, -0.1) is 0 Å². The van der Waals surface area contributed by atoms with Gasteiger partial charge in [-0.3, -0.25) is 4.40 Å². The van der Waals surface area contributed by atoms with Crippen LogP contribution in [0.3, 0.4) is 0 Å². The summed E-state index contributed by atoms with van der Waals surface area (Å²) in [5.41, 5.74) is 2.75. The third kappa shape index (κ3) is 3.43. The van der Waals surface area contributed by atoms with Crippen LogP contribution in [0.25, 0.3) is 17.0 Å². The first-order chi connectivity index (χ1) is 11.7. The number of hydrogen-bond acceptors (Lipinski definition) is 4. The highest BCUT2D eigenvalue weighted by molar-refractivity contribution is 9.10. The monoisotopic (exact) mass is 387 g/mol. The van der Waals surface area contributed by atoms with Crippen molar-refractivity contribution in [1.29, 1.82) is 0 Å². The quantitative estimate of drug-likeness (QED) is 0.557. The lowest BCUT2D eigenvalue weighted by Gasteiger charge is -2.23. The standard InChI is InChI=1S/C18H22BrN5/c1-3-5-11-23(10-4-2)17-18-21-13-15(24(18)12-9-20-17)14-7-6-8-16(19)22-14/h6-9,12-13H,3-5,10-11H2,1-2H3. The normalized spacial score (nSPS) is 11.1. The average molecular weight is 388 g/mol. The van der Waals surface area contributed by atoms with Crippen LogP contribution in [0.15, 0.2) is 41.4 Å². The molecule has 0 bridgehead atoms. The molecule has 6 heteroatoms. The molecule has 24 heavy (non-hydrogen) atoms. The maximum Gasteiger partial charge on any atom is 0.180 e. The van der Waals surface area contributed by atoms with Gasteiger partial charge in [-0.25, -0.2) is 15.0 Å². The van der Waals surface area contributed by atoms with E-state index in [1.807, 2.05) is 36.8 Å². The molecule has 0 aliphatic heterocycles. The first-order valence-corrected chi connectivity index (χ1v) is 9.23. The smallest absolute Gasteiger partial charge is 0.180 e. The highest BCUT2D eigenvalue weighted by Gasteiger charge is 2.15. The van der Waals surface area contributed by atoms with Crippen molar-refractivity contribution in [1.82, 2.24) is 19.4 Å². The second kappa shape index (κ2) is 7.75. The van der Waals surface area contributed by atoms with Crippen molar-refractivity contribution in [3.05, 3.63) is 41.4 Å². The van der Waals surface area contributed by atoms with Gasteiger partial charge in [0.05, 0.1) is 17.6 Å². The van der Waals surface area contributed by atoms with Crippen LogP contribution in [0.1, 0.15) is 33.1 Å². The van der Waals surface area contributed by atoms with E-state index in [0.717, 1.165) is 53.4 Å². The van der Waals surface area contributed by atoms with Crippen molar-refractivity contribution >= 4 is 27.4 Å². The topological polar surface area (TPSA) is 46.3 Å². The van der Waals surface area contributed by atoms with E-state index >= 15 is 0 Å². The second-order valence-electron chi connectivity index (χ2n) is 5.77. The number of rotatable bonds is 7. The lowest BCUT2D eigenvalue weighted by atomic mass is 10.3. The minimum atomic E-state index is 0.819. The Morgan fingerprint density at radius 1 is 1.12 bits per heavy atom. The Morgan fingerprint density at radius 3 is 2.75 bits per heavy atom. The molecule has 0 spiro atoms. The molecule has 0 aliphatic rings. The summed E-state index contributed by atoms with van der Waals surface area (Å²) < 4.78 is 2.89. The SMILES string of the molecule is CCCCN(CCC)c1nccn2c(-c3cccc(Br)n3)cnc12. The Morgan fingerprint density at radius 2 is 2.00 bits per heavy atom. The third-order valence-corrected chi connectivity index (χ3v) is 4.40. The van der Waals surface area contributed by atoms with Crippen molar-refractivity contribution in [2.24, 2.45) is 0 Å². The molecular formula is C18H22BrN5. The van der Waals surface area contributed by atoms with E-state index in [1.54, 1.807) is 0 Å². The molecule has 0 saturated heterocycles. The zero-order valence-corrected chi connectivity index (χ0v) is 15.7. The maximum absolute atomic E-state index is 4.64. The minimum Gasteiger partial charge on any atom is -0.354 e. The molecule has 3 rings (SSSR count). The lowest BCUT2D eigenvalue weighted by molar-refractivity contribution is 0.696. The lowest BCUT2D eigenvalue weighted by Crippen LogP contribution is -2.26. The number of fused-ring (bicyclic) bond motifs is 1. The molecule has 0 radical (unpaired) electrons. The maximum atomic E-state index is 4.64. The summed E-state index contributed by atoms with van der Waals surface area (Å²) in [5, 5.41) is 0. The van der Waals surface area contributed by atoms with Crippen LogP contribution in [-0.4, -0.2) is 32.4 Å². The summed E-state index contributed by atoms with van der Waals surface area (Å²) in [7, 11) is 0. The van der Waals surface area contributed by atoms with Crippen LogP contribution in [0.5, 0.6) is 0 Å². The molecule has 5 nitrogen and oxygen atoms in total. The van der Waals surface area contributed by atoms with Gasteiger partial charge in [0.25, 0.3) is 0 Å². The summed E-state index contributed by atoms with van der Waals surface area (Å²) in [6.07, 6.45) is 9.09. The van der Waals surface area contributed by atoms with Gasteiger partial charge in [-0.05, 0) is 40.9 Å². The highest BCUT2D eigenvalue weighted by Crippen LogP contribution is 2.25. The van der Waals surface area contributed by atoms with E-state index in [-0.39, 0.29) is 0 Å². The average Bonchev–Trinajstić information content (AvgIpc) is 3.03. The van der Waals surface area contributed by atoms with Crippen LogP contribution in [0, 0.1) is 0 Å². The molecule has 0 fully saturated rings. The number of imidazole rings is 1. The number of aromatic nitrogens is 4. The zero-order chi connectivity index (χ0) is 16.9. The summed E-state index contributed by atoms with van der Waals surface area (Å²) in [6.45, 7) is 6.41. The molecule has 126 valence electrons. The molecule has 3 heterocycles. The Hall–Kier alpha value is -1.95. The number of unbranched alkanes of at least 4 members (excludes halogenated alkanes) is 1. The Bertz CT molecular complexity index is 814. The Balaban J connectivity index is 2.05. The zero-order valence-electron chi connectivity index (χ0n) is 14.1. The van der Waals surface area contributed by atoms with Crippen LogP contribution in [0.2, 0.25) is 0 Å². The third-order valence-electron chi connectivity index (χ3n) is 3.96. The minimum absolute atomic E-state index is 0.819. The summed E-state index contributed by atoms with van der Waals surface area (Å²) >= 11 is 3.44. The van der Waals surface area contributed by atoms with Gasteiger partial charge in [0.1, 0.15) is 4.60 Å². The van der Waals surface area contributed by atoms with Crippen molar-refractivity contribution < 1.29 is 0 Å². The van der Waals surface area contributed by atoms with Crippen molar-refractivity contribution in [2.45, 2.75) is 33.1 Å². The predicted octanol–water partition coefficient (Wildman–Crippen LogP) is 4.57. The van der Waals surface area contributed by atoms with Gasteiger partial charge in [-0.2, -0.15) is 0 Å². The Kier molecular flexibility index (Phi) is 5.45. The van der Waals surface area contributed by atoms with Crippen LogP contribution < -0.4 is 4.90 Å². The molecule has 3 aromatic heterocycles. The molecule has 0 aliphatic carbocycles. The van der Waals surface area contributed by atoms with E-state index in [4.69, 9.17) is 0 Å². The molecule has 0 aromatic carbocycles. The van der Waals surface area contributed by atoms with Gasteiger partial charge in [-0.1, -0.05) is 26.3 Å². The highest BCUT2D eigenvalue weighted by atomic mass is 79.9. The van der Waals surface area contributed by atoms with Crippen LogP contribution in [-0.2, 0) is 0 Å². The van der Waals surface area contributed by atoms with Crippen LogP contribution >= 0.6 is 15.9 Å². The largest absolute Gasteiger partial charge is 0.354 e. The fraction of sp³-hybridized carbons (Fsp3) is 0.389. The number of halogens is 1. The number of anilines is 1. The van der Waals surface area contributed by atoms with Crippen molar-refractivity contribution in [3.8, 4) is 11.4 Å². The first kappa shape index (κ1) is 16.9. The molecule has 0 saturated carbocycles. The molecule has 0 N–H and O–H groups in total. The summed E-state index contributed by atoms with van der Waals surface area (Å²) in [5.74, 6) is 0.953. The summed E-state index contributed by atoms with van der Waals surface area (Å²) in [4.78, 5) is 16.1. The van der Waals surface area contributed by atoms with Crippen molar-refractivity contribution in [3.63, 3.8) is 0 Å². The van der Waals surface area contributed by atoms with E-state index in [2.05, 4.69) is 54.0 Å². The molecule has 3 aromatic rings. The van der Waals surface area contributed by atoms with Gasteiger partial charge in [0.15, 0.2) is 11.5 Å². The van der Waals surface area contributed by atoms with Gasteiger partial charge in [0.2, 0.25) is 0 Å². The Labute approximate surface area is 150 Å². The predicted molar refractivity (Wildman–Crippen MR) is 101 cm³/mol. The fourth-order valence-corrected chi connectivity index (χ4v) is 3.16. The van der Waals surface area contributed by atoms with Gasteiger partial charge >= 0.3 is 0 Å². The molecular weight excluding hydrogens is 366 g/mol. The van der Waals surface area contributed by atoms with Crippen molar-refractivity contribution in [2.75, 3.05) is 18.0 Å². The van der Waals surface area contributed by atoms with E-state index in [9.17, 15) is 0 Å². The summed E-state index contributed by atoms with van der Waals surface area (Å²) in [6, 6.07) is 5.90. The van der Waals surface area contributed by atoms with Gasteiger partial charge in [0, 0.05) is 25.5 Å². The van der Waals surface area contributed by atoms with Crippen LogP contribution in [0.4, 0.5) is 5.82 Å². The molecule has 0 amide bonds. The molecule has 0 unspecified atom stereocenters. The molecule has 0 atom stereocenters. The first-order valence-electron chi connectivity index (χ1n) is 8.44. The van der Waals surface area contributed by atoms with E-state index < -0.39 is 0 Å².